The van der Waals surface area contributed by atoms with Crippen LogP contribution in [0.4, 0.5) is 0 Å². The minimum atomic E-state index is -0.595. The molecule has 2 aromatic heterocycles. The lowest BCUT2D eigenvalue weighted by Gasteiger charge is -2.02. The minimum absolute atomic E-state index is 0.000692. The van der Waals surface area contributed by atoms with Crippen LogP contribution in [0.3, 0.4) is 0 Å². The van der Waals surface area contributed by atoms with Crippen LogP contribution in [0.1, 0.15) is 47.3 Å². The van der Waals surface area contributed by atoms with Crippen LogP contribution in [0.5, 0.6) is 5.88 Å². The first-order valence-electron chi connectivity index (χ1n) is 6.77. The molecular weight excluding hydrogens is 276 g/mol. The summed E-state index contributed by atoms with van der Waals surface area (Å²) in [5.41, 5.74) is 1.80. The van der Waals surface area contributed by atoms with Crippen molar-refractivity contribution in [2.45, 2.75) is 39.7 Å². The Morgan fingerprint density at radius 2 is 2.14 bits per heavy atom. The highest BCUT2D eigenvalue weighted by atomic mass is 16.6. The molecule has 0 fully saturated rings. The molecule has 0 unspecified atom stereocenters. The van der Waals surface area contributed by atoms with E-state index in [9.17, 15) is 4.79 Å². The Labute approximate surface area is 122 Å². The lowest BCUT2D eigenvalue weighted by atomic mass is 10.1. The normalized spacial score (nSPS) is 10.6. The van der Waals surface area contributed by atoms with Crippen LogP contribution in [-0.2, 0) is 17.8 Å². The van der Waals surface area contributed by atoms with Gasteiger partial charge in [-0.1, -0.05) is 18.5 Å². The van der Waals surface area contributed by atoms with Crippen molar-refractivity contribution in [1.82, 2.24) is 10.3 Å². The highest BCUT2D eigenvalue weighted by Crippen LogP contribution is 2.19. The Morgan fingerprint density at radius 3 is 2.86 bits per heavy atom. The van der Waals surface area contributed by atoms with Crippen molar-refractivity contribution in [3.05, 3.63) is 28.8 Å². The van der Waals surface area contributed by atoms with Gasteiger partial charge in [0, 0.05) is 0 Å². The number of ether oxygens (including phenoxy) is 2. The van der Waals surface area contributed by atoms with Crippen molar-refractivity contribution < 1.29 is 23.3 Å². The van der Waals surface area contributed by atoms with Crippen LogP contribution in [0, 0.1) is 6.92 Å². The summed E-state index contributed by atoms with van der Waals surface area (Å²) in [6.45, 7) is 4.22. The molecular formula is C14H18N2O5. The van der Waals surface area contributed by atoms with Crippen LogP contribution < -0.4 is 4.74 Å². The number of nitrogens with zero attached hydrogens (tertiary/aromatic N) is 2. The summed E-state index contributed by atoms with van der Waals surface area (Å²) < 4.78 is 20.1. The molecule has 7 heteroatoms. The first-order chi connectivity index (χ1) is 10.2. The quantitative estimate of drug-likeness (QED) is 0.725. The van der Waals surface area contributed by atoms with E-state index in [4.69, 9.17) is 13.8 Å². The van der Waals surface area contributed by atoms with Crippen LogP contribution in [0.15, 0.2) is 15.1 Å². The van der Waals surface area contributed by atoms with Crippen molar-refractivity contribution in [2.75, 3.05) is 7.11 Å². The van der Waals surface area contributed by atoms with Gasteiger partial charge in [0.2, 0.25) is 5.76 Å². The predicted molar refractivity (Wildman–Crippen MR) is 72.0 cm³/mol. The van der Waals surface area contributed by atoms with Crippen LogP contribution in [-0.4, -0.2) is 23.4 Å². The number of carbonyl (C=O) groups excluding carboxylic acids is 1. The number of carbonyl (C=O) groups is 1. The summed E-state index contributed by atoms with van der Waals surface area (Å²) in [7, 11) is 1.27. The highest BCUT2D eigenvalue weighted by Gasteiger charge is 2.16. The molecule has 0 saturated heterocycles. The second kappa shape index (κ2) is 6.92. The average molecular weight is 294 g/mol. The number of hydrogen-bond acceptors (Lipinski definition) is 7. The Morgan fingerprint density at radius 1 is 1.33 bits per heavy atom. The third-order valence-electron chi connectivity index (χ3n) is 3.07. The third-order valence-corrected chi connectivity index (χ3v) is 3.07. The highest BCUT2D eigenvalue weighted by molar-refractivity contribution is 5.86. The molecule has 0 aliphatic heterocycles. The molecule has 0 aromatic carbocycles. The fourth-order valence-corrected chi connectivity index (χ4v) is 1.83. The molecule has 0 N–H and O–H groups in total. The topological polar surface area (TPSA) is 87.6 Å². The van der Waals surface area contributed by atoms with Gasteiger partial charge < -0.3 is 18.5 Å². The Hall–Kier alpha value is -2.31. The average Bonchev–Trinajstić information content (AvgIpc) is 3.09. The number of rotatable bonds is 7. The maximum atomic E-state index is 11.2. The molecule has 0 saturated carbocycles. The van der Waals surface area contributed by atoms with Gasteiger partial charge in [-0.3, -0.25) is 0 Å². The fourth-order valence-electron chi connectivity index (χ4n) is 1.83. The molecule has 0 spiro atoms. The minimum Gasteiger partial charge on any atom is -0.470 e. The first-order valence-corrected chi connectivity index (χ1v) is 6.77. The second-order valence-corrected chi connectivity index (χ2v) is 4.58. The number of unbranched alkanes of at least 4 members (excludes halogenated alkanes) is 1. The van der Waals surface area contributed by atoms with Crippen molar-refractivity contribution in [1.29, 1.82) is 0 Å². The molecule has 0 bridgehead atoms. The van der Waals surface area contributed by atoms with E-state index in [0.29, 0.717) is 0 Å². The molecule has 21 heavy (non-hydrogen) atoms. The fraction of sp³-hybridized carbons (Fsp3) is 0.500. The summed E-state index contributed by atoms with van der Waals surface area (Å²) in [6.07, 6.45) is 2.96. The number of esters is 1. The maximum absolute atomic E-state index is 11.2. The first kappa shape index (κ1) is 15.1. The van der Waals surface area contributed by atoms with Gasteiger partial charge in [-0.25, -0.2) is 4.79 Å². The molecule has 2 aromatic rings. The van der Waals surface area contributed by atoms with Gasteiger partial charge in [0.15, 0.2) is 0 Å². The van der Waals surface area contributed by atoms with Gasteiger partial charge in [-0.05, 0) is 24.9 Å². The predicted octanol–water partition coefficient (Wildman–Crippen LogP) is 2.68. The van der Waals surface area contributed by atoms with Crippen molar-refractivity contribution in [2.24, 2.45) is 0 Å². The second-order valence-electron chi connectivity index (χ2n) is 4.58. The van der Waals surface area contributed by atoms with Crippen LogP contribution >= 0.6 is 0 Å². The smallest absolute Gasteiger partial charge is 0.377 e. The Bertz CT molecular complexity index is 602. The largest absolute Gasteiger partial charge is 0.470 e. The van der Waals surface area contributed by atoms with Crippen molar-refractivity contribution in [3.63, 3.8) is 0 Å². The summed E-state index contributed by atoms with van der Waals surface area (Å²) >= 11 is 0. The zero-order chi connectivity index (χ0) is 15.2. The van der Waals surface area contributed by atoms with Gasteiger partial charge in [-0.15, -0.1) is 0 Å². The SMILES string of the molecule is CCCCc1noc(C)c1COc1cc(C(=O)OC)on1. The van der Waals surface area contributed by atoms with Crippen molar-refractivity contribution >= 4 is 5.97 Å². The Kier molecular flexibility index (Phi) is 4.97. The summed E-state index contributed by atoms with van der Waals surface area (Å²) in [6, 6.07) is 1.39. The number of aromatic nitrogens is 2. The van der Waals surface area contributed by atoms with Crippen molar-refractivity contribution in [3.8, 4) is 5.88 Å². The number of aryl methyl sites for hydroxylation is 2. The van der Waals surface area contributed by atoms with E-state index < -0.39 is 5.97 Å². The van der Waals surface area contributed by atoms with E-state index in [1.54, 1.807) is 0 Å². The Balaban J connectivity index is 2.01. The molecule has 2 rings (SSSR count). The monoisotopic (exact) mass is 294 g/mol. The molecule has 114 valence electrons. The molecule has 7 nitrogen and oxygen atoms in total. The van der Waals surface area contributed by atoms with Gasteiger partial charge in [0.1, 0.15) is 12.4 Å². The maximum Gasteiger partial charge on any atom is 0.377 e. The third kappa shape index (κ3) is 3.62. The summed E-state index contributed by atoms with van der Waals surface area (Å²) in [5, 5.41) is 7.70. The van der Waals surface area contributed by atoms with Crippen LogP contribution in [0.2, 0.25) is 0 Å². The van der Waals surface area contributed by atoms with E-state index >= 15 is 0 Å². The van der Waals surface area contributed by atoms with E-state index in [2.05, 4.69) is 22.0 Å². The van der Waals surface area contributed by atoms with E-state index in [1.165, 1.54) is 13.2 Å². The van der Waals surface area contributed by atoms with E-state index in [-0.39, 0.29) is 18.2 Å². The standard InChI is InChI=1S/C14H18N2O5/c1-4-5-6-11-10(9(2)20-15-11)8-19-13-7-12(21-16-13)14(17)18-3/h7H,4-6,8H2,1-3H3. The summed E-state index contributed by atoms with van der Waals surface area (Å²) in [5.74, 6) is 0.345. The lowest BCUT2D eigenvalue weighted by molar-refractivity contribution is 0.0554. The lowest BCUT2D eigenvalue weighted by Crippen LogP contribution is -2.01. The molecule has 0 amide bonds. The molecule has 2 heterocycles. The van der Waals surface area contributed by atoms with Gasteiger partial charge in [0.25, 0.3) is 5.88 Å². The van der Waals surface area contributed by atoms with Crippen LogP contribution in [0.25, 0.3) is 0 Å². The number of methoxy groups -OCH3 is 1. The van der Waals surface area contributed by atoms with E-state index in [0.717, 1.165) is 36.3 Å². The van der Waals surface area contributed by atoms with Gasteiger partial charge in [-0.2, -0.15) is 0 Å². The zero-order valence-electron chi connectivity index (χ0n) is 12.3. The summed E-state index contributed by atoms with van der Waals surface area (Å²) in [4.78, 5) is 11.2. The molecule has 0 aliphatic rings. The molecule has 0 radical (unpaired) electrons. The molecule has 0 atom stereocenters. The van der Waals surface area contributed by atoms with E-state index in [1.807, 2.05) is 6.92 Å². The molecule has 0 aliphatic carbocycles. The number of hydrogen-bond donors (Lipinski definition) is 0. The van der Waals surface area contributed by atoms with Gasteiger partial charge in [0.05, 0.1) is 24.4 Å². The van der Waals surface area contributed by atoms with Gasteiger partial charge >= 0.3 is 5.97 Å². The zero-order valence-corrected chi connectivity index (χ0v) is 12.3.